The number of alkyl halides is 1. The molecule has 0 aromatic carbocycles. The van der Waals surface area contributed by atoms with E-state index in [4.69, 9.17) is 23.2 Å². The van der Waals surface area contributed by atoms with Crippen LogP contribution in [-0.4, -0.2) is 15.2 Å². The van der Waals surface area contributed by atoms with Crippen molar-refractivity contribution < 1.29 is 0 Å². The minimum Gasteiger partial charge on any atom is -0.268 e. The molecule has 0 N–H and O–H groups in total. The van der Waals surface area contributed by atoms with Crippen molar-refractivity contribution >= 4 is 23.2 Å². The summed E-state index contributed by atoms with van der Waals surface area (Å²) in [5.74, 6) is 0. The molecule has 2 nitrogen and oxygen atoms in total. The van der Waals surface area contributed by atoms with E-state index in [0.717, 1.165) is 23.7 Å². The summed E-state index contributed by atoms with van der Waals surface area (Å²) < 4.78 is 1.95. The lowest BCUT2D eigenvalue weighted by atomic mass is 9.84. The number of rotatable bonds is 4. The minimum atomic E-state index is -0.0369. The van der Waals surface area contributed by atoms with Crippen LogP contribution in [0.5, 0.6) is 0 Å². The molecule has 1 heterocycles. The van der Waals surface area contributed by atoms with E-state index in [-0.39, 0.29) is 10.8 Å². The first-order valence-corrected chi connectivity index (χ1v) is 6.05. The van der Waals surface area contributed by atoms with Crippen molar-refractivity contribution in [3.05, 3.63) is 16.9 Å². The van der Waals surface area contributed by atoms with Crippen LogP contribution in [0.3, 0.4) is 0 Å². The van der Waals surface area contributed by atoms with Gasteiger partial charge in [-0.15, -0.1) is 11.6 Å². The van der Waals surface area contributed by atoms with Crippen LogP contribution in [0.4, 0.5) is 0 Å². The number of nitrogens with zero attached hydrogens (tertiary/aromatic N) is 2. The fourth-order valence-corrected chi connectivity index (χ4v) is 2.86. The number of hydrogen-bond donors (Lipinski definition) is 0. The lowest BCUT2D eigenvalue weighted by Crippen LogP contribution is -2.25. The molecule has 0 aliphatic heterocycles. The molecule has 0 saturated carbocycles. The van der Waals surface area contributed by atoms with E-state index in [2.05, 4.69) is 25.9 Å². The lowest BCUT2D eigenvalue weighted by molar-refractivity contribution is 0.427. The molecule has 1 unspecified atom stereocenters. The summed E-state index contributed by atoms with van der Waals surface area (Å²) in [6, 6.07) is 0. The van der Waals surface area contributed by atoms with Crippen molar-refractivity contribution in [1.82, 2.24) is 9.78 Å². The van der Waals surface area contributed by atoms with Crippen molar-refractivity contribution in [2.24, 2.45) is 0 Å². The van der Waals surface area contributed by atoms with Crippen LogP contribution in [-0.2, 0) is 12.0 Å². The van der Waals surface area contributed by atoms with E-state index in [1.807, 2.05) is 11.6 Å². The zero-order chi connectivity index (χ0) is 11.6. The van der Waals surface area contributed by atoms with Crippen LogP contribution in [0.1, 0.15) is 39.8 Å². The summed E-state index contributed by atoms with van der Waals surface area (Å²) in [7, 11) is 0. The molecule has 0 fully saturated rings. The van der Waals surface area contributed by atoms with Gasteiger partial charge in [0.05, 0.1) is 16.9 Å². The normalized spacial score (nSPS) is 14.3. The highest BCUT2D eigenvalue weighted by Crippen LogP contribution is 2.34. The van der Waals surface area contributed by atoms with Crippen LogP contribution < -0.4 is 0 Å². The molecule has 0 aliphatic rings. The van der Waals surface area contributed by atoms with Crippen LogP contribution >= 0.6 is 23.2 Å². The van der Waals surface area contributed by atoms with Crippen molar-refractivity contribution in [1.29, 1.82) is 0 Å². The molecule has 1 aromatic heterocycles. The maximum Gasteiger partial charge on any atom is 0.0823 e. The van der Waals surface area contributed by atoms with Gasteiger partial charge in [-0.2, -0.15) is 5.10 Å². The van der Waals surface area contributed by atoms with Crippen LogP contribution in [0.2, 0.25) is 5.02 Å². The Morgan fingerprint density at radius 1 is 1.53 bits per heavy atom. The molecule has 1 rings (SSSR count). The first-order chi connectivity index (χ1) is 6.88. The Hall–Kier alpha value is -0.210. The summed E-state index contributed by atoms with van der Waals surface area (Å²) in [6.45, 7) is 9.21. The topological polar surface area (TPSA) is 17.8 Å². The summed E-state index contributed by atoms with van der Waals surface area (Å²) in [4.78, 5) is 0. The summed E-state index contributed by atoms with van der Waals surface area (Å²) in [6.07, 6.45) is 2.60. The second-order valence-corrected chi connectivity index (χ2v) is 5.68. The van der Waals surface area contributed by atoms with Crippen molar-refractivity contribution in [2.45, 2.75) is 51.5 Å². The Kier molecular flexibility index (Phi) is 4.07. The first-order valence-electron chi connectivity index (χ1n) is 5.24. The van der Waals surface area contributed by atoms with Gasteiger partial charge in [0.1, 0.15) is 0 Å². The largest absolute Gasteiger partial charge is 0.268 e. The van der Waals surface area contributed by atoms with Crippen molar-refractivity contribution in [3.8, 4) is 0 Å². The van der Waals surface area contributed by atoms with Crippen molar-refractivity contribution in [2.75, 3.05) is 0 Å². The van der Waals surface area contributed by atoms with Gasteiger partial charge in [-0.05, 0) is 20.3 Å². The maximum atomic E-state index is 6.17. The Labute approximate surface area is 102 Å². The quantitative estimate of drug-likeness (QED) is 0.741. The van der Waals surface area contributed by atoms with Gasteiger partial charge in [0.2, 0.25) is 0 Å². The number of aryl methyl sites for hydroxylation is 1. The summed E-state index contributed by atoms with van der Waals surface area (Å²) >= 11 is 12.2. The fraction of sp³-hybridized carbons (Fsp3) is 0.727. The Morgan fingerprint density at radius 2 is 2.13 bits per heavy atom. The molecule has 86 valence electrons. The van der Waals surface area contributed by atoms with E-state index in [1.165, 1.54) is 0 Å². The van der Waals surface area contributed by atoms with E-state index in [0.29, 0.717) is 0 Å². The molecular weight excluding hydrogens is 231 g/mol. The minimum absolute atomic E-state index is 0.0369. The van der Waals surface area contributed by atoms with Gasteiger partial charge in [-0.25, -0.2) is 0 Å². The van der Waals surface area contributed by atoms with Gasteiger partial charge in [-0.1, -0.05) is 25.4 Å². The lowest BCUT2D eigenvalue weighted by Gasteiger charge is -2.27. The maximum absolute atomic E-state index is 6.17. The third-order valence-electron chi connectivity index (χ3n) is 2.53. The summed E-state index contributed by atoms with van der Waals surface area (Å²) in [5, 5.41) is 5.12. The van der Waals surface area contributed by atoms with Crippen LogP contribution in [0.25, 0.3) is 0 Å². The van der Waals surface area contributed by atoms with E-state index < -0.39 is 0 Å². The molecule has 0 radical (unpaired) electrons. The second kappa shape index (κ2) is 4.75. The monoisotopic (exact) mass is 248 g/mol. The number of aromatic nitrogens is 2. The van der Waals surface area contributed by atoms with Crippen LogP contribution in [0.15, 0.2) is 6.20 Å². The van der Waals surface area contributed by atoms with E-state index in [9.17, 15) is 0 Å². The van der Waals surface area contributed by atoms with E-state index >= 15 is 0 Å². The van der Waals surface area contributed by atoms with Gasteiger partial charge in [0.15, 0.2) is 0 Å². The number of halogens is 2. The predicted octanol–water partition coefficient (Wildman–Crippen LogP) is 3.85. The van der Waals surface area contributed by atoms with Gasteiger partial charge in [0.25, 0.3) is 0 Å². The van der Waals surface area contributed by atoms with E-state index in [1.54, 1.807) is 6.20 Å². The van der Waals surface area contributed by atoms with Crippen molar-refractivity contribution in [3.63, 3.8) is 0 Å². The molecule has 15 heavy (non-hydrogen) atoms. The molecular formula is C11H18Cl2N2. The molecule has 0 aliphatic carbocycles. The third-order valence-corrected chi connectivity index (χ3v) is 2.96. The van der Waals surface area contributed by atoms with Crippen LogP contribution in [0, 0.1) is 0 Å². The highest BCUT2D eigenvalue weighted by atomic mass is 35.5. The SMILES string of the molecule is CCn1ncc(Cl)c1C(C)(C)CC(C)Cl. The second-order valence-electron chi connectivity index (χ2n) is 4.53. The smallest absolute Gasteiger partial charge is 0.0823 e. The average Bonchev–Trinajstić information content (AvgIpc) is 2.44. The number of hydrogen-bond acceptors (Lipinski definition) is 1. The van der Waals surface area contributed by atoms with Gasteiger partial charge in [0, 0.05) is 17.3 Å². The molecule has 0 amide bonds. The summed E-state index contributed by atoms with van der Waals surface area (Å²) in [5.41, 5.74) is 1.05. The van der Waals surface area contributed by atoms with Gasteiger partial charge < -0.3 is 0 Å². The van der Waals surface area contributed by atoms with Gasteiger partial charge in [-0.3, -0.25) is 4.68 Å². The molecule has 0 saturated heterocycles. The average molecular weight is 249 g/mol. The van der Waals surface area contributed by atoms with Gasteiger partial charge >= 0.3 is 0 Å². The first kappa shape index (κ1) is 12.9. The third kappa shape index (κ3) is 2.88. The Balaban J connectivity index is 3.07. The molecule has 4 heteroatoms. The molecule has 0 spiro atoms. The fourth-order valence-electron chi connectivity index (χ4n) is 2.07. The Bertz CT molecular complexity index is 329. The highest BCUT2D eigenvalue weighted by Gasteiger charge is 2.28. The molecule has 1 atom stereocenters. The Morgan fingerprint density at radius 3 is 2.60 bits per heavy atom. The standard InChI is InChI=1S/C11H18Cl2N2/c1-5-15-10(9(13)7-14-15)11(3,4)6-8(2)12/h7-8H,5-6H2,1-4H3. The molecule has 1 aromatic rings. The zero-order valence-electron chi connectivity index (χ0n) is 9.72. The molecule has 0 bridgehead atoms. The highest BCUT2D eigenvalue weighted by molar-refractivity contribution is 6.31. The zero-order valence-corrected chi connectivity index (χ0v) is 11.2. The predicted molar refractivity (Wildman–Crippen MR) is 65.9 cm³/mol.